The van der Waals surface area contributed by atoms with Crippen LogP contribution in [0.5, 0.6) is 5.75 Å². The van der Waals surface area contributed by atoms with Gasteiger partial charge in [-0.2, -0.15) is 0 Å². The first-order valence-electron chi connectivity index (χ1n) is 8.46. The van der Waals surface area contributed by atoms with Gasteiger partial charge >= 0.3 is 0 Å². The van der Waals surface area contributed by atoms with Gasteiger partial charge in [-0.1, -0.05) is 54.3 Å². The Bertz CT molecular complexity index is 953. The van der Waals surface area contributed by atoms with Gasteiger partial charge in [-0.15, -0.1) is 0 Å². The van der Waals surface area contributed by atoms with E-state index >= 15 is 0 Å². The molecular weight excluding hydrogens is 338 g/mol. The molecule has 27 heavy (non-hydrogen) atoms. The molecule has 1 atom stereocenters. The van der Waals surface area contributed by atoms with E-state index in [-0.39, 0.29) is 0 Å². The summed E-state index contributed by atoms with van der Waals surface area (Å²) in [4.78, 5) is 12.2. The first kappa shape index (κ1) is 18.2. The number of methoxy groups -OCH3 is 1. The van der Waals surface area contributed by atoms with Crippen molar-refractivity contribution in [2.24, 2.45) is 0 Å². The lowest BCUT2D eigenvalue weighted by Gasteiger charge is -2.15. The maximum absolute atomic E-state index is 12.2. The number of ether oxygens (including phenoxy) is 1. The summed E-state index contributed by atoms with van der Waals surface area (Å²) in [5.74, 6) is 5.94. The van der Waals surface area contributed by atoms with Gasteiger partial charge in [0, 0.05) is 11.1 Å². The van der Waals surface area contributed by atoms with Crippen molar-refractivity contribution in [1.82, 2.24) is 5.48 Å². The van der Waals surface area contributed by atoms with Crippen molar-refractivity contribution < 1.29 is 14.7 Å². The SMILES string of the molecule is COc1ccc(C#Cc2ccc(C(C(=O)NO)c3ccccc3)cc2)cc1. The largest absolute Gasteiger partial charge is 0.497 e. The summed E-state index contributed by atoms with van der Waals surface area (Å²) in [7, 11) is 1.63. The zero-order valence-electron chi connectivity index (χ0n) is 14.8. The minimum Gasteiger partial charge on any atom is -0.497 e. The fourth-order valence-electron chi connectivity index (χ4n) is 2.78. The predicted molar refractivity (Wildman–Crippen MR) is 104 cm³/mol. The van der Waals surface area contributed by atoms with Crippen molar-refractivity contribution in [1.29, 1.82) is 0 Å². The Morgan fingerprint density at radius 3 is 1.89 bits per heavy atom. The minimum atomic E-state index is -0.584. The summed E-state index contributed by atoms with van der Waals surface area (Å²) in [5.41, 5.74) is 5.07. The molecule has 4 heteroatoms. The molecule has 0 bridgehead atoms. The van der Waals surface area contributed by atoms with Gasteiger partial charge in [0.15, 0.2) is 0 Å². The Morgan fingerprint density at radius 1 is 0.852 bits per heavy atom. The molecule has 0 aliphatic rings. The van der Waals surface area contributed by atoms with Crippen LogP contribution in [0.4, 0.5) is 0 Å². The Balaban J connectivity index is 1.83. The number of benzene rings is 3. The van der Waals surface area contributed by atoms with E-state index in [1.165, 1.54) is 0 Å². The van der Waals surface area contributed by atoms with E-state index in [0.717, 1.165) is 28.0 Å². The number of nitrogens with one attached hydrogen (secondary N) is 1. The molecule has 0 aliphatic carbocycles. The van der Waals surface area contributed by atoms with Crippen LogP contribution in [-0.2, 0) is 4.79 Å². The zero-order chi connectivity index (χ0) is 19.1. The number of hydroxylamine groups is 1. The highest BCUT2D eigenvalue weighted by Gasteiger charge is 2.22. The van der Waals surface area contributed by atoms with Gasteiger partial charge in [-0.25, -0.2) is 5.48 Å². The summed E-state index contributed by atoms with van der Waals surface area (Å²) in [6.07, 6.45) is 0. The van der Waals surface area contributed by atoms with Crippen LogP contribution >= 0.6 is 0 Å². The fraction of sp³-hybridized carbons (Fsp3) is 0.0870. The summed E-state index contributed by atoms with van der Waals surface area (Å²) in [6.45, 7) is 0. The molecule has 3 aromatic carbocycles. The summed E-state index contributed by atoms with van der Waals surface area (Å²) in [6, 6.07) is 24.3. The van der Waals surface area contributed by atoms with Crippen molar-refractivity contribution in [2.75, 3.05) is 7.11 Å². The maximum Gasteiger partial charge on any atom is 0.255 e. The fourth-order valence-corrected chi connectivity index (χ4v) is 2.78. The molecule has 0 heterocycles. The first-order valence-corrected chi connectivity index (χ1v) is 8.46. The van der Waals surface area contributed by atoms with E-state index in [1.807, 2.05) is 78.9 Å². The molecule has 4 nitrogen and oxygen atoms in total. The van der Waals surface area contributed by atoms with Crippen LogP contribution in [0, 0.1) is 11.8 Å². The van der Waals surface area contributed by atoms with Gasteiger partial charge < -0.3 is 4.74 Å². The summed E-state index contributed by atoms with van der Waals surface area (Å²) in [5, 5.41) is 9.10. The van der Waals surface area contributed by atoms with Crippen LogP contribution in [0.3, 0.4) is 0 Å². The third-order valence-corrected chi connectivity index (χ3v) is 4.19. The lowest BCUT2D eigenvalue weighted by atomic mass is 9.90. The monoisotopic (exact) mass is 357 g/mol. The van der Waals surface area contributed by atoms with E-state index in [1.54, 1.807) is 12.6 Å². The quantitative estimate of drug-likeness (QED) is 0.425. The van der Waals surface area contributed by atoms with E-state index in [0.29, 0.717) is 0 Å². The Morgan fingerprint density at radius 2 is 1.37 bits per heavy atom. The van der Waals surface area contributed by atoms with Crippen molar-refractivity contribution in [2.45, 2.75) is 5.92 Å². The second-order valence-corrected chi connectivity index (χ2v) is 5.92. The maximum atomic E-state index is 12.2. The van der Waals surface area contributed by atoms with E-state index in [4.69, 9.17) is 9.94 Å². The average molecular weight is 357 g/mol. The van der Waals surface area contributed by atoms with Gasteiger partial charge in [-0.3, -0.25) is 10.0 Å². The van der Waals surface area contributed by atoms with Gasteiger partial charge in [0.05, 0.1) is 13.0 Å². The Kier molecular flexibility index (Phi) is 5.88. The average Bonchev–Trinajstić information content (AvgIpc) is 2.74. The van der Waals surface area contributed by atoms with E-state index < -0.39 is 11.8 Å². The van der Waals surface area contributed by atoms with Crippen molar-refractivity contribution >= 4 is 5.91 Å². The molecule has 0 fully saturated rings. The molecule has 134 valence electrons. The molecule has 0 spiro atoms. The first-order chi connectivity index (χ1) is 13.2. The molecule has 3 rings (SSSR count). The molecule has 2 N–H and O–H groups in total. The van der Waals surface area contributed by atoms with Crippen LogP contribution in [0.2, 0.25) is 0 Å². The summed E-state index contributed by atoms with van der Waals surface area (Å²) < 4.78 is 5.13. The number of hydrogen-bond acceptors (Lipinski definition) is 3. The zero-order valence-corrected chi connectivity index (χ0v) is 14.8. The molecule has 0 saturated carbocycles. The Labute approximate surface area is 158 Å². The van der Waals surface area contributed by atoms with E-state index in [2.05, 4.69) is 11.8 Å². The molecule has 1 amide bonds. The smallest absolute Gasteiger partial charge is 0.255 e. The number of rotatable bonds is 4. The standard InChI is InChI=1S/C23H19NO3/c1-27-21-15-11-18(12-16-21)8-7-17-9-13-20(14-10-17)22(23(25)24-26)19-5-3-2-4-6-19/h2-6,9-16,22,26H,1H3,(H,24,25). The Hall–Kier alpha value is -3.55. The minimum absolute atomic E-state index is 0.474. The third-order valence-electron chi connectivity index (χ3n) is 4.19. The molecule has 3 aromatic rings. The van der Waals surface area contributed by atoms with Crippen LogP contribution < -0.4 is 10.2 Å². The topological polar surface area (TPSA) is 58.6 Å². The number of carbonyl (C=O) groups is 1. The molecule has 0 saturated heterocycles. The van der Waals surface area contributed by atoms with Crippen LogP contribution in [-0.4, -0.2) is 18.2 Å². The van der Waals surface area contributed by atoms with Crippen LogP contribution in [0.25, 0.3) is 0 Å². The van der Waals surface area contributed by atoms with Crippen molar-refractivity contribution in [3.8, 4) is 17.6 Å². The highest BCUT2D eigenvalue weighted by molar-refractivity contribution is 5.86. The molecule has 0 aliphatic heterocycles. The predicted octanol–water partition coefficient (Wildman–Crippen LogP) is 3.73. The lowest BCUT2D eigenvalue weighted by molar-refractivity contribution is -0.129. The van der Waals surface area contributed by atoms with Gasteiger partial charge in [0.25, 0.3) is 5.91 Å². The molecule has 0 aromatic heterocycles. The molecule has 0 radical (unpaired) electrons. The normalized spacial score (nSPS) is 11.0. The van der Waals surface area contributed by atoms with Crippen molar-refractivity contribution in [3.63, 3.8) is 0 Å². The van der Waals surface area contributed by atoms with Crippen LogP contribution in [0.15, 0.2) is 78.9 Å². The van der Waals surface area contributed by atoms with Crippen LogP contribution in [0.1, 0.15) is 28.2 Å². The van der Waals surface area contributed by atoms with Crippen molar-refractivity contribution in [3.05, 3.63) is 101 Å². The highest BCUT2D eigenvalue weighted by Crippen LogP contribution is 2.25. The summed E-state index contributed by atoms with van der Waals surface area (Å²) >= 11 is 0. The second kappa shape index (κ2) is 8.70. The second-order valence-electron chi connectivity index (χ2n) is 5.92. The lowest BCUT2D eigenvalue weighted by Crippen LogP contribution is -2.27. The van der Waals surface area contributed by atoms with E-state index in [9.17, 15) is 4.79 Å². The highest BCUT2D eigenvalue weighted by atomic mass is 16.5. The van der Waals surface area contributed by atoms with Gasteiger partial charge in [0.1, 0.15) is 5.75 Å². The third kappa shape index (κ3) is 4.55. The van der Waals surface area contributed by atoms with Gasteiger partial charge in [0.2, 0.25) is 0 Å². The number of amides is 1. The molecule has 1 unspecified atom stereocenters. The van der Waals surface area contributed by atoms with Gasteiger partial charge in [-0.05, 0) is 47.5 Å². The number of hydrogen-bond donors (Lipinski definition) is 2. The molecular formula is C23H19NO3. The number of carbonyl (C=O) groups excluding carboxylic acids is 1.